The van der Waals surface area contributed by atoms with Crippen LogP contribution < -0.4 is 0 Å². The number of piperazine rings is 1. The second-order valence-corrected chi connectivity index (χ2v) is 5.82. The van der Waals surface area contributed by atoms with E-state index in [1.165, 1.54) is 0 Å². The molecule has 0 saturated carbocycles. The molecule has 3 aliphatic rings. The van der Waals surface area contributed by atoms with Crippen LogP contribution in [0, 0.1) is 0 Å². The number of hydrogen-bond acceptors (Lipinski definition) is 4. The summed E-state index contributed by atoms with van der Waals surface area (Å²) in [6, 6.07) is 0. The van der Waals surface area contributed by atoms with Gasteiger partial charge in [0, 0.05) is 26.3 Å². The van der Waals surface area contributed by atoms with E-state index in [2.05, 4.69) is 0 Å². The average molecular weight is 282 g/mol. The molecular formula is C14H22N2O4. The highest BCUT2D eigenvalue weighted by molar-refractivity contribution is 5.92. The van der Waals surface area contributed by atoms with E-state index in [-0.39, 0.29) is 37.1 Å². The topological polar surface area (TPSA) is 59.1 Å². The van der Waals surface area contributed by atoms with E-state index < -0.39 is 0 Å². The van der Waals surface area contributed by atoms with Crippen molar-refractivity contribution in [2.75, 3.05) is 39.4 Å². The molecule has 3 heterocycles. The first-order chi connectivity index (χ1) is 9.72. The first-order valence-electron chi connectivity index (χ1n) is 7.51. The second-order valence-electron chi connectivity index (χ2n) is 5.82. The lowest BCUT2D eigenvalue weighted by atomic mass is 10.2. The van der Waals surface area contributed by atoms with Crippen molar-refractivity contribution in [3.8, 4) is 0 Å². The molecule has 0 bridgehead atoms. The summed E-state index contributed by atoms with van der Waals surface area (Å²) < 4.78 is 11.1. The van der Waals surface area contributed by atoms with E-state index in [1.54, 1.807) is 9.80 Å². The van der Waals surface area contributed by atoms with Crippen LogP contribution in [-0.4, -0.2) is 73.2 Å². The maximum atomic E-state index is 12.1. The van der Waals surface area contributed by atoms with E-state index in [0.717, 1.165) is 38.9 Å². The van der Waals surface area contributed by atoms with Crippen LogP contribution >= 0.6 is 0 Å². The van der Waals surface area contributed by atoms with Crippen LogP contribution in [0.1, 0.15) is 25.7 Å². The molecule has 3 fully saturated rings. The fourth-order valence-corrected chi connectivity index (χ4v) is 3.10. The van der Waals surface area contributed by atoms with Crippen LogP contribution in [0.4, 0.5) is 0 Å². The van der Waals surface area contributed by atoms with Crippen molar-refractivity contribution in [3.63, 3.8) is 0 Å². The van der Waals surface area contributed by atoms with E-state index in [0.29, 0.717) is 13.1 Å². The molecule has 6 heteroatoms. The van der Waals surface area contributed by atoms with E-state index in [1.807, 2.05) is 0 Å². The monoisotopic (exact) mass is 282 g/mol. The van der Waals surface area contributed by atoms with Gasteiger partial charge >= 0.3 is 0 Å². The summed E-state index contributed by atoms with van der Waals surface area (Å²) in [6.07, 6.45) is 4.28. The molecule has 20 heavy (non-hydrogen) atoms. The smallest absolute Gasteiger partial charge is 0.242 e. The highest BCUT2D eigenvalue weighted by atomic mass is 16.5. The van der Waals surface area contributed by atoms with Gasteiger partial charge in [-0.05, 0) is 25.7 Å². The Morgan fingerprint density at radius 3 is 1.65 bits per heavy atom. The lowest BCUT2D eigenvalue weighted by Crippen LogP contribution is -2.56. The summed E-state index contributed by atoms with van der Waals surface area (Å²) in [7, 11) is 0. The van der Waals surface area contributed by atoms with Gasteiger partial charge in [0.25, 0.3) is 0 Å². The zero-order valence-electron chi connectivity index (χ0n) is 11.8. The first kappa shape index (κ1) is 13.8. The maximum Gasteiger partial charge on any atom is 0.242 e. The highest BCUT2D eigenvalue weighted by Gasteiger charge is 2.33. The number of carbonyl (C=O) groups excluding carboxylic acids is 2. The third-order valence-corrected chi connectivity index (χ3v) is 4.25. The van der Waals surface area contributed by atoms with Crippen molar-refractivity contribution in [1.82, 2.24) is 9.80 Å². The summed E-state index contributed by atoms with van der Waals surface area (Å²) in [4.78, 5) is 27.6. The maximum absolute atomic E-state index is 12.1. The molecule has 6 nitrogen and oxygen atoms in total. The molecular weight excluding hydrogens is 260 g/mol. The second kappa shape index (κ2) is 6.10. The standard InChI is InChI=1S/C14H22N2O4/c17-13-10-16(8-12-4-2-6-20-12)14(18)9-15(13)7-11-3-1-5-19-11/h11-12H,1-10H2. The normalized spacial score (nSPS) is 31.4. The Hall–Kier alpha value is -1.14. The lowest BCUT2D eigenvalue weighted by molar-refractivity contribution is -0.152. The number of amides is 2. The summed E-state index contributed by atoms with van der Waals surface area (Å²) in [6.45, 7) is 3.02. The van der Waals surface area contributed by atoms with Gasteiger partial charge in [-0.1, -0.05) is 0 Å². The molecule has 0 N–H and O–H groups in total. The largest absolute Gasteiger partial charge is 0.376 e. The Bertz CT molecular complexity index is 339. The Morgan fingerprint density at radius 1 is 0.850 bits per heavy atom. The zero-order chi connectivity index (χ0) is 13.9. The minimum absolute atomic E-state index is 0.0260. The summed E-state index contributed by atoms with van der Waals surface area (Å²) in [5, 5.41) is 0. The predicted octanol–water partition coefficient (Wildman–Crippen LogP) is 0.0152. The van der Waals surface area contributed by atoms with E-state index in [4.69, 9.17) is 9.47 Å². The highest BCUT2D eigenvalue weighted by Crippen LogP contribution is 2.17. The number of hydrogen-bond donors (Lipinski definition) is 0. The van der Waals surface area contributed by atoms with Crippen molar-refractivity contribution in [2.45, 2.75) is 37.9 Å². The molecule has 0 aromatic heterocycles. The van der Waals surface area contributed by atoms with Crippen molar-refractivity contribution in [2.24, 2.45) is 0 Å². The van der Waals surface area contributed by atoms with Crippen LogP contribution in [-0.2, 0) is 19.1 Å². The van der Waals surface area contributed by atoms with Crippen molar-refractivity contribution in [3.05, 3.63) is 0 Å². The van der Waals surface area contributed by atoms with Gasteiger partial charge in [-0.2, -0.15) is 0 Å². The average Bonchev–Trinajstić information content (AvgIpc) is 3.08. The zero-order valence-corrected chi connectivity index (χ0v) is 11.8. The minimum Gasteiger partial charge on any atom is -0.376 e. The Balaban J connectivity index is 1.52. The molecule has 0 aliphatic carbocycles. The van der Waals surface area contributed by atoms with Crippen LogP contribution in [0.3, 0.4) is 0 Å². The van der Waals surface area contributed by atoms with Gasteiger partial charge < -0.3 is 19.3 Å². The molecule has 112 valence electrons. The molecule has 2 atom stereocenters. The lowest BCUT2D eigenvalue weighted by Gasteiger charge is -2.35. The molecule has 3 aliphatic heterocycles. The van der Waals surface area contributed by atoms with Gasteiger partial charge in [0.05, 0.1) is 25.3 Å². The fourth-order valence-electron chi connectivity index (χ4n) is 3.10. The van der Waals surface area contributed by atoms with Crippen LogP contribution in [0.2, 0.25) is 0 Å². The summed E-state index contributed by atoms with van der Waals surface area (Å²) in [5.74, 6) is 0.0520. The molecule has 3 rings (SSSR count). The molecule has 0 radical (unpaired) electrons. The van der Waals surface area contributed by atoms with Gasteiger partial charge in [-0.25, -0.2) is 0 Å². The van der Waals surface area contributed by atoms with Crippen LogP contribution in [0.25, 0.3) is 0 Å². The fraction of sp³-hybridized carbons (Fsp3) is 0.857. The van der Waals surface area contributed by atoms with Crippen molar-refractivity contribution < 1.29 is 19.1 Å². The predicted molar refractivity (Wildman–Crippen MR) is 71.1 cm³/mol. The molecule has 2 amide bonds. The van der Waals surface area contributed by atoms with E-state index in [9.17, 15) is 9.59 Å². The third kappa shape index (κ3) is 3.12. The quantitative estimate of drug-likeness (QED) is 0.729. The first-order valence-corrected chi connectivity index (χ1v) is 7.51. The SMILES string of the molecule is O=C1CN(CC2CCCO2)C(=O)CN1CC1CCCO1. The van der Waals surface area contributed by atoms with Gasteiger partial charge in [0.1, 0.15) is 0 Å². The van der Waals surface area contributed by atoms with Crippen LogP contribution in [0.15, 0.2) is 0 Å². The van der Waals surface area contributed by atoms with Gasteiger partial charge in [-0.3, -0.25) is 9.59 Å². The molecule has 0 aromatic rings. The van der Waals surface area contributed by atoms with Gasteiger partial charge in [0.15, 0.2) is 0 Å². The molecule has 2 unspecified atom stereocenters. The number of nitrogens with zero attached hydrogens (tertiary/aromatic N) is 2. The Labute approximate surface area is 119 Å². The minimum atomic E-state index is 0.0260. The van der Waals surface area contributed by atoms with E-state index >= 15 is 0 Å². The van der Waals surface area contributed by atoms with Gasteiger partial charge in [0.2, 0.25) is 11.8 Å². The number of carbonyl (C=O) groups is 2. The molecule has 0 spiro atoms. The van der Waals surface area contributed by atoms with Gasteiger partial charge in [-0.15, -0.1) is 0 Å². The van der Waals surface area contributed by atoms with Crippen LogP contribution in [0.5, 0.6) is 0 Å². The number of rotatable bonds is 4. The Kier molecular flexibility index (Phi) is 4.21. The van der Waals surface area contributed by atoms with Crippen molar-refractivity contribution in [1.29, 1.82) is 0 Å². The molecule has 0 aromatic carbocycles. The number of ether oxygens (including phenoxy) is 2. The summed E-state index contributed by atoms with van der Waals surface area (Å²) >= 11 is 0. The van der Waals surface area contributed by atoms with Crippen molar-refractivity contribution >= 4 is 11.8 Å². The molecule has 3 saturated heterocycles. The summed E-state index contributed by atoms with van der Waals surface area (Å²) in [5.41, 5.74) is 0. The third-order valence-electron chi connectivity index (χ3n) is 4.25. The Morgan fingerprint density at radius 2 is 1.30 bits per heavy atom.